The van der Waals surface area contributed by atoms with Gasteiger partial charge in [-0.15, -0.1) is 0 Å². The van der Waals surface area contributed by atoms with Gasteiger partial charge < -0.3 is 20.5 Å². The number of ether oxygens (including phenoxy) is 1. The highest BCUT2D eigenvalue weighted by molar-refractivity contribution is 6.28. The lowest BCUT2D eigenvalue weighted by molar-refractivity contribution is 0.118. The largest absolute Gasteiger partial charge is 0.497 e. The Hall–Kier alpha value is -1.59. The molecule has 1 aromatic rings. The lowest BCUT2D eigenvalue weighted by Crippen LogP contribution is -2.37. The van der Waals surface area contributed by atoms with Gasteiger partial charge in [-0.05, 0) is 37.8 Å². The molecule has 3 N–H and O–H groups in total. The molecule has 0 bridgehead atoms. The Morgan fingerprint density at radius 1 is 1.33 bits per heavy atom. The number of fused-ring (bicyclic) bond motifs is 1. The Morgan fingerprint density at radius 3 is 2.81 bits per heavy atom. The summed E-state index contributed by atoms with van der Waals surface area (Å²) in [4.78, 5) is 0. The maximum Gasteiger partial charge on any atom is 0.122 e. The first kappa shape index (κ1) is 14.4. The zero-order valence-corrected chi connectivity index (χ0v) is 12.7. The smallest absolute Gasteiger partial charge is 0.122 e. The Kier molecular flexibility index (Phi) is 4.12. The highest BCUT2D eigenvalue weighted by atomic mass is 35.5. The summed E-state index contributed by atoms with van der Waals surface area (Å²) in [6.07, 6.45) is 5.32. The Balaban J connectivity index is 1.69. The van der Waals surface area contributed by atoms with Crippen molar-refractivity contribution in [3.05, 3.63) is 30.2 Å². The Bertz CT molecular complexity index is 542. The summed E-state index contributed by atoms with van der Waals surface area (Å²) < 4.78 is 6.78. The molecule has 114 valence electrons. The molecule has 1 fully saturated rings. The number of anilines is 2. The Morgan fingerprint density at radius 2 is 2.10 bits per heavy atom. The molecule has 1 aromatic carbocycles. The van der Waals surface area contributed by atoms with Crippen LogP contribution < -0.4 is 19.8 Å². The van der Waals surface area contributed by atoms with E-state index in [-0.39, 0.29) is 6.10 Å². The molecular formula is C15H20ClN3O2. The Labute approximate surface area is 129 Å². The fourth-order valence-electron chi connectivity index (χ4n) is 2.79. The topological polar surface area (TPSA) is 56.8 Å². The van der Waals surface area contributed by atoms with Gasteiger partial charge in [-0.25, -0.2) is 0 Å². The number of benzene rings is 1. The summed E-state index contributed by atoms with van der Waals surface area (Å²) >= 11 is 6.29. The highest BCUT2D eigenvalue weighted by Crippen LogP contribution is 2.35. The van der Waals surface area contributed by atoms with Gasteiger partial charge in [0.05, 0.1) is 30.8 Å². The lowest BCUT2D eigenvalue weighted by Gasteiger charge is -2.31. The van der Waals surface area contributed by atoms with Crippen molar-refractivity contribution in [3.8, 4) is 5.75 Å². The van der Waals surface area contributed by atoms with E-state index in [2.05, 4.69) is 10.6 Å². The van der Waals surface area contributed by atoms with E-state index in [1.54, 1.807) is 11.5 Å². The van der Waals surface area contributed by atoms with Crippen molar-refractivity contribution in [2.75, 3.05) is 16.8 Å². The van der Waals surface area contributed by atoms with E-state index >= 15 is 0 Å². The number of nitrogens with zero attached hydrogens (tertiary/aromatic N) is 1. The van der Waals surface area contributed by atoms with E-state index in [9.17, 15) is 5.11 Å². The van der Waals surface area contributed by atoms with Crippen LogP contribution in [-0.2, 0) is 0 Å². The predicted molar refractivity (Wildman–Crippen MR) is 84.4 cm³/mol. The van der Waals surface area contributed by atoms with Gasteiger partial charge in [0.2, 0.25) is 0 Å². The van der Waals surface area contributed by atoms with Gasteiger partial charge >= 0.3 is 0 Å². The SMILES string of the molecule is COc1ccc2c(c1)N(Cl)C=C(NC1CCC(O)CC1)N2. The summed E-state index contributed by atoms with van der Waals surface area (Å²) in [7, 11) is 1.64. The van der Waals surface area contributed by atoms with E-state index in [4.69, 9.17) is 16.5 Å². The molecule has 3 rings (SSSR count). The molecule has 0 saturated heterocycles. The van der Waals surface area contributed by atoms with Crippen LogP contribution in [-0.4, -0.2) is 24.4 Å². The minimum Gasteiger partial charge on any atom is -0.497 e. The van der Waals surface area contributed by atoms with Gasteiger partial charge in [0.1, 0.15) is 11.6 Å². The molecule has 21 heavy (non-hydrogen) atoms. The number of aliphatic hydroxyl groups is 1. The van der Waals surface area contributed by atoms with Crippen molar-refractivity contribution in [2.24, 2.45) is 0 Å². The monoisotopic (exact) mass is 309 g/mol. The van der Waals surface area contributed by atoms with Gasteiger partial charge in [-0.2, -0.15) is 0 Å². The van der Waals surface area contributed by atoms with Crippen molar-refractivity contribution in [2.45, 2.75) is 37.8 Å². The van der Waals surface area contributed by atoms with Crippen molar-refractivity contribution < 1.29 is 9.84 Å². The molecule has 1 aliphatic heterocycles. The molecule has 5 nitrogen and oxygen atoms in total. The zero-order valence-electron chi connectivity index (χ0n) is 12.0. The quantitative estimate of drug-likeness (QED) is 0.750. The second-order valence-electron chi connectivity index (χ2n) is 5.51. The van der Waals surface area contributed by atoms with Gasteiger partial charge in [0.15, 0.2) is 0 Å². The van der Waals surface area contributed by atoms with Crippen LogP contribution in [0.4, 0.5) is 11.4 Å². The number of nitrogens with one attached hydrogen (secondary N) is 2. The predicted octanol–water partition coefficient (Wildman–Crippen LogP) is 2.77. The van der Waals surface area contributed by atoms with E-state index in [0.29, 0.717) is 6.04 Å². The third-order valence-corrected chi connectivity index (χ3v) is 4.28. The second-order valence-corrected chi connectivity index (χ2v) is 5.88. The first-order chi connectivity index (χ1) is 10.2. The first-order valence-electron chi connectivity index (χ1n) is 7.22. The number of hydrogen-bond acceptors (Lipinski definition) is 5. The van der Waals surface area contributed by atoms with Crippen LogP contribution in [0.1, 0.15) is 25.7 Å². The minimum atomic E-state index is -0.144. The molecule has 2 aliphatic rings. The number of aliphatic hydroxyl groups excluding tert-OH is 1. The fraction of sp³-hybridized carbons (Fsp3) is 0.467. The molecule has 0 radical (unpaired) electrons. The molecule has 0 spiro atoms. The van der Waals surface area contributed by atoms with Crippen molar-refractivity contribution in [1.82, 2.24) is 5.32 Å². The molecular weight excluding hydrogens is 290 g/mol. The maximum atomic E-state index is 9.56. The number of rotatable bonds is 3. The zero-order chi connectivity index (χ0) is 14.8. The third-order valence-electron chi connectivity index (χ3n) is 4.00. The number of hydrogen-bond donors (Lipinski definition) is 3. The van der Waals surface area contributed by atoms with E-state index in [1.165, 1.54) is 0 Å². The average molecular weight is 310 g/mol. The molecule has 1 heterocycles. The van der Waals surface area contributed by atoms with Crippen LogP contribution in [0.5, 0.6) is 5.75 Å². The number of methoxy groups -OCH3 is 1. The van der Waals surface area contributed by atoms with Gasteiger partial charge in [0.25, 0.3) is 0 Å². The molecule has 6 heteroatoms. The second kappa shape index (κ2) is 6.03. The van der Waals surface area contributed by atoms with Crippen LogP contribution in [0, 0.1) is 0 Å². The summed E-state index contributed by atoms with van der Waals surface area (Å²) in [5.74, 6) is 1.65. The summed E-state index contributed by atoms with van der Waals surface area (Å²) in [5.41, 5.74) is 1.80. The molecule has 1 aliphatic carbocycles. The maximum absolute atomic E-state index is 9.56. The molecule has 0 amide bonds. The summed E-state index contributed by atoms with van der Waals surface area (Å²) in [6, 6.07) is 6.11. The average Bonchev–Trinajstić information content (AvgIpc) is 2.49. The van der Waals surface area contributed by atoms with Gasteiger partial charge in [-0.1, -0.05) is 0 Å². The first-order valence-corrected chi connectivity index (χ1v) is 7.56. The van der Waals surface area contributed by atoms with Crippen LogP contribution in [0.25, 0.3) is 0 Å². The van der Waals surface area contributed by atoms with E-state index in [1.807, 2.05) is 24.4 Å². The molecule has 1 saturated carbocycles. The van der Waals surface area contributed by atoms with Gasteiger partial charge in [0, 0.05) is 23.9 Å². The number of halogens is 1. The molecule has 0 aromatic heterocycles. The minimum absolute atomic E-state index is 0.144. The fourth-order valence-corrected chi connectivity index (χ4v) is 3.03. The summed E-state index contributed by atoms with van der Waals surface area (Å²) in [6.45, 7) is 0. The van der Waals surface area contributed by atoms with Crippen molar-refractivity contribution in [3.63, 3.8) is 0 Å². The lowest BCUT2D eigenvalue weighted by atomic mass is 9.93. The van der Waals surface area contributed by atoms with E-state index in [0.717, 1.165) is 48.6 Å². The summed E-state index contributed by atoms with van der Waals surface area (Å²) in [5, 5.41) is 16.4. The van der Waals surface area contributed by atoms with Crippen molar-refractivity contribution >= 4 is 23.2 Å². The molecule has 0 atom stereocenters. The normalized spacial score (nSPS) is 24.7. The molecule has 0 unspecified atom stereocenters. The van der Waals surface area contributed by atoms with Gasteiger partial charge in [-0.3, -0.25) is 4.42 Å². The third kappa shape index (κ3) is 3.19. The van der Waals surface area contributed by atoms with E-state index < -0.39 is 0 Å². The highest BCUT2D eigenvalue weighted by Gasteiger charge is 2.22. The standard InChI is InChI=1S/C15H20ClN3O2/c1-21-12-6-7-13-14(8-12)19(16)9-15(18-13)17-10-2-4-11(20)5-3-10/h6-11,17-18,20H,2-5H2,1H3. The van der Waals surface area contributed by atoms with Crippen LogP contribution in [0.2, 0.25) is 0 Å². The van der Waals surface area contributed by atoms with Crippen LogP contribution in [0.3, 0.4) is 0 Å². The van der Waals surface area contributed by atoms with Crippen LogP contribution >= 0.6 is 11.8 Å². The van der Waals surface area contributed by atoms with Crippen molar-refractivity contribution in [1.29, 1.82) is 0 Å². The van der Waals surface area contributed by atoms with Crippen LogP contribution in [0.15, 0.2) is 30.2 Å².